The smallest absolute Gasteiger partial charge is 0.186 e. The fourth-order valence-corrected chi connectivity index (χ4v) is 1.90. The average molecular weight is 253 g/mol. The molecule has 0 aliphatic heterocycles. The first-order valence-corrected chi connectivity index (χ1v) is 6.12. The van der Waals surface area contributed by atoms with Gasteiger partial charge in [0.05, 0.1) is 4.90 Å². The molecule has 16 heavy (non-hydrogen) atoms. The third-order valence-corrected chi connectivity index (χ3v) is 3.16. The van der Waals surface area contributed by atoms with E-state index >= 15 is 0 Å². The fraction of sp³-hybridized carbons (Fsp3) is 0. The van der Waals surface area contributed by atoms with Gasteiger partial charge in [-0.2, -0.15) is 0 Å². The van der Waals surface area contributed by atoms with Crippen molar-refractivity contribution in [2.75, 3.05) is 0 Å². The molecule has 0 aliphatic rings. The highest BCUT2D eigenvalue weighted by Gasteiger charge is 2.01. The number of halogens is 1. The summed E-state index contributed by atoms with van der Waals surface area (Å²) in [4.78, 5) is 0.401. The van der Waals surface area contributed by atoms with Gasteiger partial charge in [0.15, 0.2) is 11.1 Å². The zero-order valence-electron chi connectivity index (χ0n) is 8.26. The number of rotatable bonds is 2. The topological polar surface area (TPSA) is 37.3 Å². The number of hydrogen-bond acceptors (Lipinski definition) is 1. The molecule has 2 aromatic carbocycles. The van der Waals surface area contributed by atoms with Crippen LogP contribution in [0.1, 0.15) is 0 Å². The lowest BCUT2D eigenvalue weighted by Crippen LogP contribution is -1.87. The lowest BCUT2D eigenvalue weighted by molar-refractivity contribution is 0.564. The highest BCUT2D eigenvalue weighted by molar-refractivity contribution is 7.79. The largest absolute Gasteiger partial charge is 0.302 e. The molecule has 2 aromatic rings. The lowest BCUT2D eigenvalue weighted by atomic mass is 10.1. The van der Waals surface area contributed by atoms with Gasteiger partial charge in [0.2, 0.25) is 0 Å². The monoisotopic (exact) mass is 252 g/mol. The van der Waals surface area contributed by atoms with Gasteiger partial charge >= 0.3 is 0 Å². The molecule has 1 atom stereocenters. The van der Waals surface area contributed by atoms with Gasteiger partial charge in [-0.05, 0) is 35.4 Å². The highest BCUT2D eigenvalue weighted by Crippen LogP contribution is 2.22. The second kappa shape index (κ2) is 4.78. The second-order valence-electron chi connectivity index (χ2n) is 3.28. The Morgan fingerprint density at radius 1 is 0.875 bits per heavy atom. The lowest BCUT2D eigenvalue weighted by Gasteiger charge is -2.02. The van der Waals surface area contributed by atoms with Crippen molar-refractivity contribution in [2.45, 2.75) is 4.90 Å². The Labute approximate surface area is 101 Å². The Morgan fingerprint density at radius 2 is 1.31 bits per heavy atom. The molecule has 2 rings (SSSR count). The van der Waals surface area contributed by atoms with Crippen LogP contribution in [-0.2, 0) is 11.1 Å². The summed E-state index contributed by atoms with van der Waals surface area (Å²) in [5, 5.41) is 0.692. The first-order chi connectivity index (χ1) is 7.66. The van der Waals surface area contributed by atoms with Crippen LogP contribution in [-0.4, -0.2) is 8.76 Å². The van der Waals surface area contributed by atoms with Crippen LogP contribution in [0.15, 0.2) is 53.4 Å². The molecule has 0 saturated carbocycles. The molecule has 0 spiro atoms. The summed E-state index contributed by atoms with van der Waals surface area (Å²) in [5.74, 6) is 0. The summed E-state index contributed by atoms with van der Waals surface area (Å²) in [5.41, 5.74) is 2.02. The van der Waals surface area contributed by atoms with Crippen LogP contribution in [0.4, 0.5) is 0 Å². The van der Waals surface area contributed by atoms with Crippen molar-refractivity contribution >= 4 is 22.7 Å². The standard InChI is InChI=1S/C12H9ClO2S/c13-11-5-1-9(2-6-11)10-3-7-12(8-4-10)16(14)15/h1-8H,(H,14,15). The molecule has 82 valence electrons. The van der Waals surface area contributed by atoms with E-state index in [0.717, 1.165) is 11.1 Å². The summed E-state index contributed by atoms with van der Waals surface area (Å²) in [6.45, 7) is 0. The maximum absolute atomic E-state index is 10.8. The van der Waals surface area contributed by atoms with Crippen LogP contribution in [0, 0.1) is 0 Å². The molecule has 0 aromatic heterocycles. The molecule has 1 unspecified atom stereocenters. The quantitative estimate of drug-likeness (QED) is 0.830. The van der Waals surface area contributed by atoms with Crippen LogP contribution in [0.25, 0.3) is 11.1 Å². The summed E-state index contributed by atoms with van der Waals surface area (Å²) in [7, 11) is 0. The molecular formula is C12H9ClO2S. The Bertz CT molecular complexity index is 506. The Kier molecular flexibility index (Phi) is 3.39. The molecule has 0 heterocycles. The van der Waals surface area contributed by atoms with Gasteiger partial charge in [0, 0.05) is 5.02 Å². The van der Waals surface area contributed by atoms with Crippen molar-refractivity contribution in [3.05, 3.63) is 53.6 Å². The first kappa shape index (κ1) is 11.3. The maximum atomic E-state index is 10.8. The molecule has 0 saturated heterocycles. The molecule has 2 nitrogen and oxygen atoms in total. The fourth-order valence-electron chi connectivity index (χ4n) is 1.41. The molecule has 0 amide bonds. The predicted octanol–water partition coefficient (Wildman–Crippen LogP) is 3.59. The summed E-state index contributed by atoms with van der Waals surface area (Å²) in [6, 6.07) is 14.4. The van der Waals surface area contributed by atoms with Gasteiger partial charge in [0.25, 0.3) is 0 Å². The van der Waals surface area contributed by atoms with Crippen LogP contribution in [0.5, 0.6) is 0 Å². The van der Waals surface area contributed by atoms with E-state index in [9.17, 15) is 4.21 Å². The van der Waals surface area contributed by atoms with Gasteiger partial charge in [-0.25, -0.2) is 4.21 Å². The minimum Gasteiger partial charge on any atom is -0.302 e. The molecule has 0 radical (unpaired) electrons. The van der Waals surface area contributed by atoms with Crippen LogP contribution in [0.3, 0.4) is 0 Å². The maximum Gasteiger partial charge on any atom is 0.186 e. The average Bonchev–Trinajstić information content (AvgIpc) is 2.30. The first-order valence-electron chi connectivity index (χ1n) is 4.64. The molecule has 4 heteroatoms. The molecular weight excluding hydrogens is 244 g/mol. The Morgan fingerprint density at radius 3 is 1.75 bits per heavy atom. The van der Waals surface area contributed by atoms with Gasteiger partial charge in [-0.3, -0.25) is 0 Å². The zero-order valence-corrected chi connectivity index (χ0v) is 9.83. The second-order valence-corrected chi connectivity index (χ2v) is 4.69. The van der Waals surface area contributed by atoms with Crippen LogP contribution in [0.2, 0.25) is 5.02 Å². The predicted molar refractivity (Wildman–Crippen MR) is 65.9 cm³/mol. The van der Waals surface area contributed by atoms with Crippen molar-refractivity contribution < 1.29 is 8.76 Å². The van der Waals surface area contributed by atoms with E-state index in [2.05, 4.69) is 0 Å². The van der Waals surface area contributed by atoms with Crippen molar-refractivity contribution in [3.8, 4) is 11.1 Å². The van der Waals surface area contributed by atoms with Crippen molar-refractivity contribution in [3.63, 3.8) is 0 Å². The number of benzene rings is 2. The van der Waals surface area contributed by atoms with Crippen molar-refractivity contribution in [2.24, 2.45) is 0 Å². The van der Waals surface area contributed by atoms with E-state index in [1.807, 2.05) is 36.4 Å². The van der Waals surface area contributed by atoms with Crippen molar-refractivity contribution in [1.29, 1.82) is 0 Å². The SMILES string of the molecule is O=S(O)c1ccc(-c2ccc(Cl)cc2)cc1. The molecule has 0 fully saturated rings. The van der Waals surface area contributed by atoms with Crippen molar-refractivity contribution in [1.82, 2.24) is 0 Å². The van der Waals surface area contributed by atoms with Gasteiger partial charge in [0.1, 0.15) is 0 Å². The summed E-state index contributed by atoms with van der Waals surface area (Å²) < 4.78 is 19.7. The van der Waals surface area contributed by atoms with E-state index in [-0.39, 0.29) is 0 Å². The third kappa shape index (κ3) is 2.50. The summed E-state index contributed by atoms with van der Waals surface area (Å²) >= 11 is 3.87. The minimum atomic E-state index is -1.92. The third-order valence-electron chi connectivity index (χ3n) is 2.23. The van der Waals surface area contributed by atoms with E-state index in [4.69, 9.17) is 16.2 Å². The molecule has 0 bridgehead atoms. The molecule has 1 N–H and O–H groups in total. The zero-order chi connectivity index (χ0) is 11.5. The van der Waals surface area contributed by atoms with E-state index in [0.29, 0.717) is 9.92 Å². The van der Waals surface area contributed by atoms with Gasteiger partial charge in [-0.1, -0.05) is 35.9 Å². The summed E-state index contributed by atoms with van der Waals surface area (Å²) in [6.07, 6.45) is 0. The highest BCUT2D eigenvalue weighted by atomic mass is 35.5. The van der Waals surface area contributed by atoms with E-state index < -0.39 is 11.1 Å². The van der Waals surface area contributed by atoms with E-state index in [1.54, 1.807) is 12.1 Å². The normalized spacial score (nSPS) is 12.4. The minimum absolute atomic E-state index is 0.401. The van der Waals surface area contributed by atoms with Gasteiger partial charge < -0.3 is 4.55 Å². The Balaban J connectivity index is 2.34. The van der Waals surface area contributed by atoms with E-state index in [1.165, 1.54) is 0 Å². The van der Waals surface area contributed by atoms with Gasteiger partial charge in [-0.15, -0.1) is 0 Å². The molecule has 0 aliphatic carbocycles. The Hall–Kier alpha value is -1.16. The van der Waals surface area contributed by atoms with Crippen LogP contribution < -0.4 is 0 Å². The number of hydrogen-bond donors (Lipinski definition) is 1. The van der Waals surface area contributed by atoms with Crippen LogP contribution >= 0.6 is 11.6 Å².